The van der Waals surface area contributed by atoms with E-state index in [0.717, 1.165) is 5.76 Å². The highest BCUT2D eigenvalue weighted by molar-refractivity contribution is 5.77. The van der Waals surface area contributed by atoms with Crippen molar-refractivity contribution in [3.05, 3.63) is 24.2 Å². The van der Waals surface area contributed by atoms with Gasteiger partial charge in [-0.05, 0) is 32.9 Å². The number of carbonyl (C=O) groups is 1. The van der Waals surface area contributed by atoms with Gasteiger partial charge in [-0.15, -0.1) is 0 Å². The first-order valence-corrected chi connectivity index (χ1v) is 6.43. The first kappa shape index (κ1) is 13.1. The van der Waals surface area contributed by atoms with Gasteiger partial charge in [0.1, 0.15) is 5.76 Å². The van der Waals surface area contributed by atoms with Crippen molar-refractivity contribution in [2.75, 3.05) is 13.2 Å². The monoisotopic (exact) mass is 251 g/mol. The van der Waals surface area contributed by atoms with Crippen molar-refractivity contribution in [3.8, 4) is 0 Å². The quantitative estimate of drug-likeness (QED) is 0.827. The fourth-order valence-electron chi connectivity index (χ4n) is 2.24. The van der Waals surface area contributed by atoms with E-state index >= 15 is 0 Å². The predicted octanol–water partition coefficient (Wildman–Crippen LogP) is 2.24. The molecule has 0 radical (unpaired) electrons. The van der Waals surface area contributed by atoms with E-state index in [1.54, 1.807) is 6.26 Å². The molecular weight excluding hydrogens is 230 g/mol. The molecule has 1 aliphatic rings. The topological polar surface area (TPSA) is 42.7 Å². The van der Waals surface area contributed by atoms with Crippen LogP contribution in [0.15, 0.2) is 22.8 Å². The maximum absolute atomic E-state index is 12.3. The maximum Gasteiger partial charge on any atom is 0.223 e. The van der Waals surface area contributed by atoms with Crippen LogP contribution in [-0.4, -0.2) is 35.6 Å². The van der Waals surface area contributed by atoms with E-state index < -0.39 is 0 Å². The zero-order valence-corrected chi connectivity index (χ0v) is 11.3. The number of morpholine rings is 1. The summed E-state index contributed by atoms with van der Waals surface area (Å²) in [5.74, 6) is 1.04. The maximum atomic E-state index is 12.3. The van der Waals surface area contributed by atoms with Crippen LogP contribution in [0.25, 0.3) is 0 Å². The second-order valence-electron chi connectivity index (χ2n) is 5.52. The standard InChI is InChI=1S/C14H21NO3/c1-11-9-15(14(2,3)10-18-11)13(16)7-6-12-5-4-8-17-12/h4-5,8,11H,6-7,9-10H2,1-3H3. The highest BCUT2D eigenvalue weighted by Crippen LogP contribution is 2.23. The van der Waals surface area contributed by atoms with Gasteiger partial charge in [-0.2, -0.15) is 0 Å². The fourth-order valence-corrected chi connectivity index (χ4v) is 2.24. The molecule has 2 rings (SSSR count). The van der Waals surface area contributed by atoms with Gasteiger partial charge in [0.2, 0.25) is 5.91 Å². The van der Waals surface area contributed by atoms with Crippen LogP contribution in [0, 0.1) is 0 Å². The van der Waals surface area contributed by atoms with Crippen LogP contribution in [0.5, 0.6) is 0 Å². The van der Waals surface area contributed by atoms with Gasteiger partial charge in [-0.1, -0.05) is 0 Å². The van der Waals surface area contributed by atoms with Gasteiger partial charge < -0.3 is 14.1 Å². The van der Waals surface area contributed by atoms with E-state index in [1.807, 2.05) is 37.8 Å². The normalized spacial score (nSPS) is 23.1. The van der Waals surface area contributed by atoms with Gasteiger partial charge in [-0.3, -0.25) is 4.79 Å². The first-order valence-electron chi connectivity index (χ1n) is 6.43. The molecule has 18 heavy (non-hydrogen) atoms. The lowest BCUT2D eigenvalue weighted by atomic mass is 10.00. The van der Waals surface area contributed by atoms with Crippen molar-refractivity contribution in [2.24, 2.45) is 0 Å². The van der Waals surface area contributed by atoms with Crippen molar-refractivity contribution in [3.63, 3.8) is 0 Å². The second kappa shape index (κ2) is 5.14. The van der Waals surface area contributed by atoms with Crippen molar-refractivity contribution in [1.82, 2.24) is 4.90 Å². The molecule has 1 unspecified atom stereocenters. The first-order chi connectivity index (χ1) is 8.49. The number of amides is 1. The molecule has 0 aromatic carbocycles. The van der Waals surface area contributed by atoms with Crippen LogP contribution in [0.1, 0.15) is 33.0 Å². The molecule has 0 aliphatic carbocycles. The Kier molecular flexibility index (Phi) is 3.76. The lowest BCUT2D eigenvalue weighted by Gasteiger charge is -2.44. The van der Waals surface area contributed by atoms with Crippen molar-refractivity contribution >= 4 is 5.91 Å². The Morgan fingerprint density at radius 1 is 1.56 bits per heavy atom. The van der Waals surface area contributed by atoms with Gasteiger partial charge in [0.25, 0.3) is 0 Å². The van der Waals surface area contributed by atoms with Gasteiger partial charge in [0, 0.05) is 19.4 Å². The van der Waals surface area contributed by atoms with E-state index in [9.17, 15) is 4.79 Å². The molecule has 1 fully saturated rings. The molecule has 0 spiro atoms. The average Bonchev–Trinajstić information content (AvgIpc) is 2.82. The second-order valence-corrected chi connectivity index (χ2v) is 5.52. The SMILES string of the molecule is CC1CN(C(=O)CCc2ccco2)C(C)(C)CO1. The smallest absolute Gasteiger partial charge is 0.223 e. The molecule has 1 atom stereocenters. The molecule has 1 amide bonds. The molecule has 1 aromatic rings. The Morgan fingerprint density at radius 2 is 2.33 bits per heavy atom. The Hall–Kier alpha value is -1.29. The lowest BCUT2D eigenvalue weighted by molar-refractivity contribution is -0.152. The number of aryl methyl sites for hydroxylation is 1. The summed E-state index contributed by atoms with van der Waals surface area (Å²) in [6.45, 7) is 7.36. The summed E-state index contributed by atoms with van der Waals surface area (Å²) < 4.78 is 10.9. The summed E-state index contributed by atoms with van der Waals surface area (Å²) in [6, 6.07) is 3.75. The van der Waals surface area contributed by atoms with E-state index in [2.05, 4.69) is 0 Å². The average molecular weight is 251 g/mol. The lowest BCUT2D eigenvalue weighted by Crippen LogP contribution is -2.57. The summed E-state index contributed by atoms with van der Waals surface area (Å²) in [7, 11) is 0. The third-order valence-electron chi connectivity index (χ3n) is 3.36. The highest BCUT2D eigenvalue weighted by atomic mass is 16.5. The number of hydrogen-bond donors (Lipinski definition) is 0. The van der Waals surface area contributed by atoms with Gasteiger partial charge >= 0.3 is 0 Å². The van der Waals surface area contributed by atoms with E-state index in [0.29, 0.717) is 26.0 Å². The molecule has 4 nitrogen and oxygen atoms in total. The minimum Gasteiger partial charge on any atom is -0.469 e. The Morgan fingerprint density at radius 3 is 3.00 bits per heavy atom. The van der Waals surface area contributed by atoms with Gasteiger partial charge in [0.05, 0.1) is 24.5 Å². The van der Waals surface area contributed by atoms with Gasteiger partial charge in [0.15, 0.2) is 0 Å². The Bertz CT molecular complexity index is 397. The molecule has 2 heterocycles. The van der Waals surface area contributed by atoms with Crippen LogP contribution >= 0.6 is 0 Å². The zero-order chi connectivity index (χ0) is 13.2. The predicted molar refractivity (Wildman–Crippen MR) is 68.2 cm³/mol. The number of rotatable bonds is 3. The minimum absolute atomic E-state index is 0.116. The molecule has 100 valence electrons. The summed E-state index contributed by atoms with van der Waals surface area (Å²) in [5.41, 5.74) is -0.216. The molecule has 4 heteroatoms. The summed E-state index contributed by atoms with van der Waals surface area (Å²) in [6.07, 6.45) is 2.91. The van der Waals surface area contributed by atoms with E-state index in [1.165, 1.54) is 0 Å². The summed E-state index contributed by atoms with van der Waals surface area (Å²) >= 11 is 0. The van der Waals surface area contributed by atoms with Crippen molar-refractivity contribution in [2.45, 2.75) is 45.3 Å². The Labute approximate surface area is 108 Å². The highest BCUT2D eigenvalue weighted by Gasteiger charge is 2.36. The van der Waals surface area contributed by atoms with Crippen LogP contribution in [-0.2, 0) is 16.0 Å². The van der Waals surface area contributed by atoms with Crippen LogP contribution in [0.2, 0.25) is 0 Å². The van der Waals surface area contributed by atoms with E-state index in [-0.39, 0.29) is 17.6 Å². The Balaban J connectivity index is 1.94. The van der Waals surface area contributed by atoms with Crippen LogP contribution in [0.4, 0.5) is 0 Å². The largest absolute Gasteiger partial charge is 0.469 e. The molecule has 0 bridgehead atoms. The third-order valence-corrected chi connectivity index (χ3v) is 3.36. The number of hydrogen-bond acceptors (Lipinski definition) is 3. The molecule has 1 aliphatic heterocycles. The zero-order valence-electron chi connectivity index (χ0n) is 11.3. The van der Waals surface area contributed by atoms with Crippen molar-refractivity contribution < 1.29 is 13.9 Å². The molecular formula is C14H21NO3. The molecule has 0 saturated carbocycles. The van der Waals surface area contributed by atoms with E-state index in [4.69, 9.17) is 9.15 Å². The molecule has 1 aromatic heterocycles. The number of ether oxygens (including phenoxy) is 1. The number of furan rings is 1. The summed E-state index contributed by atoms with van der Waals surface area (Å²) in [4.78, 5) is 14.2. The van der Waals surface area contributed by atoms with Gasteiger partial charge in [-0.25, -0.2) is 0 Å². The molecule has 1 saturated heterocycles. The third kappa shape index (κ3) is 2.93. The van der Waals surface area contributed by atoms with Crippen LogP contribution < -0.4 is 0 Å². The molecule has 0 N–H and O–H groups in total. The minimum atomic E-state index is -0.216. The number of nitrogens with zero attached hydrogens (tertiary/aromatic N) is 1. The van der Waals surface area contributed by atoms with Crippen LogP contribution in [0.3, 0.4) is 0 Å². The summed E-state index contributed by atoms with van der Waals surface area (Å²) in [5, 5.41) is 0. The number of carbonyl (C=O) groups excluding carboxylic acids is 1. The van der Waals surface area contributed by atoms with Crippen molar-refractivity contribution in [1.29, 1.82) is 0 Å². The fraction of sp³-hybridized carbons (Fsp3) is 0.643.